The van der Waals surface area contributed by atoms with Crippen LogP contribution in [0.4, 0.5) is 19.3 Å². The zero-order chi connectivity index (χ0) is 26.1. The maximum absolute atomic E-state index is 14.9. The predicted molar refractivity (Wildman–Crippen MR) is 133 cm³/mol. The van der Waals surface area contributed by atoms with Crippen LogP contribution in [0.5, 0.6) is 5.88 Å². The van der Waals surface area contributed by atoms with Gasteiger partial charge < -0.3 is 14.8 Å². The third kappa shape index (κ3) is 5.80. The average molecular weight is 506 g/mol. The molecular formula is C25H33F2N3O4Si. The highest BCUT2D eigenvalue weighted by atomic mass is 28.3. The van der Waals surface area contributed by atoms with Gasteiger partial charge in [0.1, 0.15) is 23.3 Å². The van der Waals surface area contributed by atoms with Crippen molar-refractivity contribution in [2.75, 3.05) is 19.0 Å². The Balaban J connectivity index is 1.99. The molecule has 0 saturated heterocycles. The lowest BCUT2D eigenvalue weighted by Crippen LogP contribution is -2.47. The molecular weight excluding hydrogens is 472 g/mol. The largest absolute Gasteiger partial charge is 0.481 e. The van der Waals surface area contributed by atoms with Crippen molar-refractivity contribution in [3.63, 3.8) is 0 Å². The van der Waals surface area contributed by atoms with Crippen molar-refractivity contribution in [3.05, 3.63) is 47.2 Å². The quantitative estimate of drug-likeness (QED) is 0.592. The minimum Gasteiger partial charge on any atom is -0.481 e. The lowest BCUT2D eigenvalue weighted by Gasteiger charge is -2.36. The number of halogens is 2. The lowest BCUT2D eigenvalue weighted by molar-refractivity contribution is -0.122. The van der Waals surface area contributed by atoms with Crippen molar-refractivity contribution in [1.29, 1.82) is 0 Å². The van der Waals surface area contributed by atoms with Gasteiger partial charge in [-0.05, 0) is 39.0 Å². The third-order valence-corrected chi connectivity index (χ3v) is 9.73. The van der Waals surface area contributed by atoms with Crippen molar-refractivity contribution in [2.24, 2.45) is 0 Å². The van der Waals surface area contributed by atoms with E-state index in [2.05, 4.69) is 10.3 Å². The van der Waals surface area contributed by atoms with Gasteiger partial charge in [0, 0.05) is 35.5 Å². The van der Waals surface area contributed by atoms with E-state index in [0.717, 1.165) is 12.1 Å². The second-order valence-corrected chi connectivity index (χ2v) is 15.2. The number of rotatable bonds is 5. The second-order valence-electron chi connectivity index (χ2n) is 10.3. The predicted octanol–water partition coefficient (Wildman–Crippen LogP) is 4.78. The molecule has 0 radical (unpaired) electrons. The number of carbonyl (C=O) groups excluding carboxylic acids is 2. The number of hydrogen-bond acceptors (Lipinski definition) is 5. The molecule has 0 bridgehead atoms. The number of hydrogen-bond donors (Lipinski definition) is 1. The van der Waals surface area contributed by atoms with Gasteiger partial charge in [-0.2, -0.15) is 0 Å². The maximum atomic E-state index is 14.9. The first-order valence-electron chi connectivity index (χ1n) is 11.6. The van der Waals surface area contributed by atoms with Gasteiger partial charge in [-0.3, -0.25) is 9.69 Å². The van der Waals surface area contributed by atoms with Gasteiger partial charge in [-0.25, -0.2) is 18.6 Å². The first kappa shape index (κ1) is 26.6. The Bertz CT molecular complexity index is 1110. The number of methoxy groups -OCH3 is 1. The van der Waals surface area contributed by atoms with Gasteiger partial charge in [0.05, 0.1) is 20.9 Å². The molecule has 2 heterocycles. The summed E-state index contributed by atoms with van der Waals surface area (Å²) in [5.41, 5.74) is 0.312. The van der Waals surface area contributed by atoms with Gasteiger partial charge >= 0.3 is 6.09 Å². The highest BCUT2D eigenvalue weighted by molar-refractivity contribution is 6.89. The first-order valence-corrected chi connectivity index (χ1v) is 14.8. The number of benzene rings is 1. The van der Waals surface area contributed by atoms with Crippen molar-refractivity contribution in [3.8, 4) is 5.88 Å². The molecule has 2 amide bonds. The zero-order valence-electron chi connectivity index (χ0n) is 21.3. The molecule has 10 heteroatoms. The van der Waals surface area contributed by atoms with E-state index in [1.807, 2.05) is 20.0 Å². The Hall–Kier alpha value is -3.01. The molecule has 1 aliphatic heterocycles. The summed E-state index contributed by atoms with van der Waals surface area (Å²) >= 11 is 0. The summed E-state index contributed by atoms with van der Waals surface area (Å²) in [5, 5.41) is 2.70. The Morgan fingerprint density at radius 1 is 1.20 bits per heavy atom. The molecule has 0 fully saturated rings. The molecule has 190 valence electrons. The number of carbonyl (C=O) groups is 2. The van der Waals surface area contributed by atoms with Gasteiger partial charge in [-0.1, -0.05) is 26.1 Å². The van der Waals surface area contributed by atoms with Gasteiger partial charge in [-0.15, -0.1) is 0 Å². The van der Waals surface area contributed by atoms with E-state index in [0.29, 0.717) is 29.6 Å². The van der Waals surface area contributed by atoms with E-state index in [1.54, 1.807) is 32.9 Å². The van der Waals surface area contributed by atoms with Crippen LogP contribution in [0.1, 0.15) is 45.0 Å². The van der Waals surface area contributed by atoms with E-state index < -0.39 is 43.4 Å². The molecule has 1 aromatic carbocycles. The number of nitrogens with one attached hydrogen (secondary N) is 1. The average Bonchev–Trinajstić information content (AvgIpc) is 2.75. The number of anilines is 1. The number of aromatic nitrogens is 1. The first-order chi connectivity index (χ1) is 16.3. The summed E-state index contributed by atoms with van der Waals surface area (Å²) < 4.78 is 40.6. The Kier molecular flexibility index (Phi) is 7.54. The highest BCUT2D eigenvalue weighted by Crippen LogP contribution is 2.33. The van der Waals surface area contributed by atoms with Crippen LogP contribution in [0.25, 0.3) is 0 Å². The normalized spacial score (nSPS) is 15.9. The molecule has 1 aliphatic rings. The van der Waals surface area contributed by atoms with Gasteiger partial charge in [0.25, 0.3) is 5.91 Å². The molecule has 35 heavy (non-hydrogen) atoms. The Morgan fingerprint density at radius 2 is 1.83 bits per heavy atom. The molecule has 1 N–H and O–H groups in total. The molecule has 3 rings (SSSR count). The summed E-state index contributed by atoms with van der Waals surface area (Å²) in [6.45, 7) is 11.1. The molecule has 0 spiro atoms. The fourth-order valence-electron chi connectivity index (χ4n) is 4.06. The second kappa shape index (κ2) is 9.92. The van der Waals surface area contributed by atoms with Crippen LogP contribution >= 0.6 is 0 Å². The summed E-state index contributed by atoms with van der Waals surface area (Å²) in [6, 6.07) is 5.11. The minimum absolute atomic E-state index is 0.0209. The fraction of sp³-hybridized carbons (Fsp3) is 0.480. The summed E-state index contributed by atoms with van der Waals surface area (Å²) in [6.07, 6.45) is -0.271. The van der Waals surface area contributed by atoms with Crippen LogP contribution in [0.3, 0.4) is 0 Å². The molecule has 0 saturated carbocycles. The van der Waals surface area contributed by atoms with Crippen molar-refractivity contribution in [2.45, 2.75) is 64.9 Å². The SMILES string of the molecule is CC[Si](C)(C)c1c(F)cc(NC(=O)C2c3ccc(OC)nc3CCN2C(=O)OC(C)(C)C)cc1F. The summed E-state index contributed by atoms with van der Waals surface area (Å²) in [7, 11) is -0.805. The zero-order valence-corrected chi connectivity index (χ0v) is 22.3. The molecule has 1 unspecified atom stereocenters. The minimum atomic E-state index is -2.30. The topological polar surface area (TPSA) is 80.8 Å². The molecule has 2 aromatic rings. The highest BCUT2D eigenvalue weighted by Gasteiger charge is 2.39. The summed E-state index contributed by atoms with van der Waals surface area (Å²) in [4.78, 5) is 32.2. The van der Waals surface area contributed by atoms with Crippen LogP contribution in [0.2, 0.25) is 19.1 Å². The number of amides is 2. The Labute approximate surface area is 205 Å². The van der Waals surface area contributed by atoms with E-state index in [9.17, 15) is 18.4 Å². The molecule has 1 aromatic heterocycles. The molecule has 7 nitrogen and oxygen atoms in total. The van der Waals surface area contributed by atoms with Crippen molar-refractivity contribution >= 4 is 30.9 Å². The van der Waals surface area contributed by atoms with Crippen molar-refractivity contribution in [1.82, 2.24) is 9.88 Å². The number of fused-ring (bicyclic) bond motifs is 1. The molecule has 1 atom stereocenters. The maximum Gasteiger partial charge on any atom is 0.411 e. The van der Waals surface area contributed by atoms with Crippen LogP contribution < -0.4 is 15.2 Å². The number of ether oxygens (including phenoxy) is 2. The standard InChI is InChI=1S/C25H33F2N3O4Si/c1-8-35(6,7)22-17(26)13-15(14-18(22)27)28-23(31)21-16-9-10-20(33-5)29-19(16)11-12-30(21)24(32)34-25(2,3)4/h9-10,13-14,21H,8,11-12H2,1-7H3,(H,28,31). The van der Waals surface area contributed by atoms with Crippen LogP contribution in [0, 0.1) is 11.6 Å². The van der Waals surface area contributed by atoms with Crippen LogP contribution in [0.15, 0.2) is 24.3 Å². The van der Waals surface area contributed by atoms with Gasteiger partial charge in [0.2, 0.25) is 5.88 Å². The smallest absolute Gasteiger partial charge is 0.411 e. The van der Waals surface area contributed by atoms with E-state index in [1.165, 1.54) is 12.0 Å². The lowest BCUT2D eigenvalue weighted by atomic mass is 9.96. The van der Waals surface area contributed by atoms with Crippen molar-refractivity contribution < 1.29 is 27.8 Å². The van der Waals surface area contributed by atoms with E-state index in [-0.39, 0.29) is 17.4 Å². The molecule has 0 aliphatic carbocycles. The van der Waals surface area contributed by atoms with E-state index in [4.69, 9.17) is 9.47 Å². The number of pyridine rings is 1. The number of nitrogens with zero attached hydrogens (tertiary/aromatic N) is 2. The van der Waals surface area contributed by atoms with Gasteiger partial charge in [0.15, 0.2) is 0 Å². The third-order valence-electron chi connectivity index (χ3n) is 6.14. The Morgan fingerprint density at radius 3 is 2.37 bits per heavy atom. The van der Waals surface area contributed by atoms with Crippen LogP contribution in [-0.4, -0.2) is 49.2 Å². The fourth-order valence-corrected chi connectivity index (χ4v) is 5.85. The monoisotopic (exact) mass is 505 g/mol. The van der Waals surface area contributed by atoms with Crippen LogP contribution in [-0.2, 0) is 16.0 Å². The van der Waals surface area contributed by atoms with E-state index >= 15 is 0 Å². The summed E-state index contributed by atoms with van der Waals surface area (Å²) in [5.74, 6) is -1.60.